The van der Waals surface area contributed by atoms with Gasteiger partial charge in [-0.2, -0.15) is 13.2 Å². The van der Waals surface area contributed by atoms with Crippen molar-refractivity contribution in [3.8, 4) is 0 Å². The van der Waals surface area contributed by atoms with Gasteiger partial charge < -0.3 is 14.8 Å². The maximum absolute atomic E-state index is 12.3. The zero-order valence-corrected chi connectivity index (χ0v) is 11.9. The van der Waals surface area contributed by atoms with Crippen LogP contribution < -0.4 is 5.32 Å². The average Bonchev–Trinajstić information content (AvgIpc) is 2.72. The number of hydrogen-bond donors (Lipinski definition) is 1. The Morgan fingerprint density at radius 3 is 2.05 bits per heavy atom. The molecule has 116 valence electrons. The predicted molar refractivity (Wildman–Crippen MR) is 66.4 cm³/mol. The van der Waals surface area contributed by atoms with Crippen LogP contribution in [0.4, 0.5) is 18.2 Å². The predicted octanol–water partition coefficient (Wildman–Crippen LogP) is 2.13. The van der Waals surface area contributed by atoms with Gasteiger partial charge in [-0.25, -0.2) is 9.59 Å². The Morgan fingerprint density at radius 2 is 1.62 bits per heavy atom. The van der Waals surface area contributed by atoms with Crippen LogP contribution in [-0.2, 0) is 14.3 Å². The fourth-order valence-electron chi connectivity index (χ4n) is 1.41. The first-order valence-corrected chi connectivity index (χ1v) is 6.13. The van der Waals surface area contributed by atoms with E-state index in [2.05, 4.69) is 9.47 Å². The van der Waals surface area contributed by atoms with Gasteiger partial charge in [0.25, 0.3) is 0 Å². The largest absolute Gasteiger partial charge is 0.471 e. The standard InChI is InChI=1S/C11H10F3NO5S/c1-4-5(8(16)19-2)7(15-10(18)11(12,13)14)21-6(4)9(17)20-3/h1-3H3,(H,15,18). The fourth-order valence-corrected chi connectivity index (χ4v) is 2.52. The van der Waals surface area contributed by atoms with Gasteiger partial charge in [-0.05, 0) is 12.5 Å². The quantitative estimate of drug-likeness (QED) is 0.861. The highest BCUT2D eigenvalue weighted by molar-refractivity contribution is 7.18. The number of carbonyl (C=O) groups is 3. The van der Waals surface area contributed by atoms with Crippen molar-refractivity contribution >= 4 is 34.2 Å². The summed E-state index contributed by atoms with van der Waals surface area (Å²) in [7, 11) is 2.10. The van der Waals surface area contributed by atoms with E-state index in [0.717, 1.165) is 14.2 Å². The molecule has 0 unspecified atom stereocenters. The Balaban J connectivity index is 3.33. The zero-order chi connectivity index (χ0) is 16.4. The molecule has 0 bridgehead atoms. The lowest BCUT2D eigenvalue weighted by Gasteiger charge is -2.07. The maximum atomic E-state index is 12.3. The van der Waals surface area contributed by atoms with Gasteiger partial charge in [0.2, 0.25) is 0 Å². The summed E-state index contributed by atoms with van der Waals surface area (Å²) in [6.07, 6.45) is -5.13. The van der Waals surface area contributed by atoms with Crippen molar-refractivity contribution in [3.63, 3.8) is 0 Å². The zero-order valence-electron chi connectivity index (χ0n) is 11.1. The van der Waals surface area contributed by atoms with Crippen LogP contribution in [0.3, 0.4) is 0 Å². The topological polar surface area (TPSA) is 81.7 Å². The summed E-state index contributed by atoms with van der Waals surface area (Å²) < 4.78 is 45.7. The smallest absolute Gasteiger partial charge is 0.465 e. The molecule has 0 aliphatic heterocycles. The summed E-state index contributed by atoms with van der Waals surface area (Å²) in [5.74, 6) is -4.07. The third-order valence-electron chi connectivity index (χ3n) is 2.39. The Morgan fingerprint density at radius 1 is 1.10 bits per heavy atom. The number of halogens is 3. The molecule has 6 nitrogen and oxygen atoms in total. The number of amides is 1. The van der Waals surface area contributed by atoms with Crippen molar-refractivity contribution in [1.29, 1.82) is 0 Å². The van der Waals surface area contributed by atoms with E-state index < -0.39 is 29.0 Å². The maximum Gasteiger partial charge on any atom is 0.471 e. The van der Waals surface area contributed by atoms with Crippen LogP contribution in [0.2, 0.25) is 0 Å². The van der Waals surface area contributed by atoms with Gasteiger partial charge in [-0.15, -0.1) is 11.3 Å². The molecular formula is C11H10F3NO5S. The van der Waals surface area contributed by atoms with Gasteiger partial charge >= 0.3 is 24.0 Å². The SMILES string of the molecule is COC(=O)c1sc(NC(=O)C(F)(F)F)c(C(=O)OC)c1C. The molecule has 1 rings (SSSR count). The summed E-state index contributed by atoms with van der Waals surface area (Å²) in [5.41, 5.74) is -0.253. The molecule has 0 saturated carbocycles. The highest BCUT2D eigenvalue weighted by atomic mass is 32.1. The van der Waals surface area contributed by atoms with Gasteiger partial charge in [0.05, 0.1) is 19.8 Å². The summed E-state index contributed by atoms with van der Waals surface area (Å²) in [6, 6.07) is 0. The van der Waals surface area contributed by atoms with E-state index in [4.69, 9.17) is 0 Å². The molecule has 21 heavy (non-hydrogen) atoms. The first-order chi connectivity index (χ1) is 9.63. The van der Waals surface area contributed by atoms with Crippen LogP contribution in [0.5, 0.6) is 0 Å². The van der Waals surface area contributed by atoms with Gasteiger partial charge in [0.1, 0.15) is 9.88 Å². The molecule has 0 atom stereocenters. The van der Waals surface area contributed by atoms with E-state index in [-0.39, 0.29) is 16.0 Å². The Bertz CT molecular complexity index is 593. The second kappa shape index (κ2) is 6.12. The van der Waals surface area contributed by atoms with Crippen LogP contribution in [-0.4, -0.2) is 38.2 Å². The first-order valence-electron chi connectivity index (χ1n) is 5.31. The lowest BCUT2D eigenvalue weighted by atomic mass is 10.1. The highest BCUT2D eigenvalue weighted by Gasteiger charge is 2.40. The van der Waals surface area contributed by atoms with E-state index in [1.807, 2.05) is 0 Å². The van der Waals surface area contributed by atoms with Crippen molar-refractivity contribution in [3.05, 3.63) is 16.0 Å². The number of ether oxygens (including phenoxy) is 2. The number of esters is 2. The van der Waals surface area contributed by atoms with E-state index >= 15 is 0 Å². The average molecular weight is 325 g/mol. The van der Waals surface area contributed by atoms with Crippen LogP contribution in [0, 0.1) is 6.92 Å². The van der Waals surface area contributed by atoms with E-state index in [0.29, 0.717) is 11.3 Å². The van der Waals surface area contributed by atoms with Crippen LogP contribution in [0.25, 0.3) is 0 Å². The van der Waals surface area contributed by atoms with Gasteiger partial charge in [0.15, 0.2) is 0 Å². The second-order valence-corrected chi connectivity index (χ2v) is 4.72. The van der Waals surface area contributed by atoms with Gasteiger partial charge in [0, 0.05) is 0 Å². The lowest BCUT2D eigenvalue weighted by molar-refractivity contribution is -0.167. The number of anilines is 1. The molecule has 0 spiro atoms. The molecule has 1 heterocycles. The summed E-state index contributed by atoms with van der Waals surface area (Å²) >= 11 is 0.500. The molecule has 0 aliphatic rings. The second-order valence-electron chi connectivity index (χ2n) is 3.70. The number of hydrogen-bond acceptors (Lipinski definition) is 6. The molecule has 1 amide bonds. The summed E-state index contributed by atoms with van der Waals surface area (Å²) in [5, 5.41) is 1.12. The Kier molecular flexibility index (Phi) is 4.94. The third-order valence-corrected chi connectivity index (χ3v) is 3.58. The molecule has 0 fully saturated rings. The molecule has 0 aliphatic carbocycles. The molecule has 0 radical (unpaired) electrons. The van der Waals surface area contributed by atoms with Crippen molar-refractivity contribution in [2.45, 2.75) is 13.1 Å². The van der Waals surface area contributed by atoms with Gasteiger partial charge in [-0.3, -0.25) is 4.79 Å². The van der Waals surface area contributed by atoms with Crippen molar-refractivity contribution in [2.24, 2.45) is 0 Å². The minimum Gasteiger partial charge on any atom is -0.465 e. The Labute approximate surface area is 120 Å². The van der Waals surface area contributed by atoms with Crippen molar-refractivity contribution in [1.82, 2.24) is 0 Å². The molecule has 1 aromatic rings. The number of thiophene rings is 1. The number of carbonyl (C=O) groups excluding carboxylic acids is 3. The van der Waals surface area contributed by atoms with Crippen LogP contribution in [0.1, 0.15) is 25.6 Å². The molecule has 0 saturated heterocycles. The van der Waals surface area contributed by atoms with Crippen LogP contribution in [0.15, 0.2) is 0 Å². The molecule has 10 heteroatoms. The number of nitrogens with one attached hydrogen (secondary N) is 1. The third kappa shape index (κ3) is 3.51. The number of methoxy groups -OCH3 is 2. The number of rotatable bonds is 3. The first kappa shape index (κ1) is 17.0. The fraction of sp³-hybridized carbons (Fsp3) is 0.364. The van der Waals surface area contributed by atoms with E-state index in [9.17, 15) is 27.6 Å². The minimum atomic E-state index is -5.13. The Hall–Kier alpha value is -2.10. The number of alkyl halides is 3. The minimum absolute atomic E-state index is 0.0659. The van der Waals surface area contributed by atoms with Crippen molar-refractivity contribution in [2.75, 3.05) is 19.5 Å². The summed E-state index contributed by atoms with van der Waals surface area (Å²) in [6.45, 7) is 1.33. The lowest BCUT2D eigenvalue weighted by Crippen LogP contribution is -2.30. The monoisotopic (exact) mass is 325 g/mol. The van der Waals surface area contributed by atoms with E-state index in [1.54, 1.807) is 5.32 Å². The van der Waals surface area contributed by atoms with E-state index in [1.165, 1.54) is 6.92 Å². The molecule has 1 aromatic heterocycles. The van der Waals surface area contributed by atoms with Crippen molar-refractivity contribution < 1.29 is 37.0 Å². The molecular weight excluding hydrogens is 315 g/mol. The summed E-state index contributed by atoms with van der Waals surface area (Å²) in [4.78, 5) is 34.0. The molecule has 1 N–H and O–H groups in total. The van der Waals surface area contributed by atoms with Gasteiger partial charge in [-0.1, -0.05) is 0 Å². The van der Waals surface area contributed by atoms with Crippen LogP contribution >= 0.6 is 11.3 Å². The highest BCUT2D eigenvalue weighted by Crippen LogP contribution is 2.35. The normalized spacial score (nSPS) is 11.0. The molecule has 0 aromatic carbocycles.